The van der Waals surface area contributed by atoms with E-state index in [4.69, 9.17) is 20.0 Å². The quantitative estimate of drug-likeness (QED) is 0.200. The molecular weight excluding hydrogens is 476 g/mol. The normalized spacial score (nSPS) is 9.68. The van der Waals surface area contributed by atoms with Gasteiger partial charge in [-0.2, -0.15) is 10.5 Å². The molecule has 0 radical (unpaired) electrons. The molecule has 0 atom stereocenters. The van der Waals surface area contributed by atoms with E-state index in [2.05, 4.69) is 0 Å². The molecule has 4 aromatic rings. The lowest BCUT2D eigenvalue weighted by molar-refractivity contribution is 0.104. The van der Waals surface area contributed by atoms with Gasteiger partial charge in [0.25, 0.3) is 11.6 Å². The van der Waals surface area contributed by atoms with Crippen molar-refractivity contribution in [2.24, 2.45) is 0 Å². The van der Waals surface area contributed by atoms with Gasteiger partial charge in [0.15, 0.2) is 0 Å². The maximum atomic E-state index is 11.5. The van der Waals surface area contributed by atoms with Gasteiger partial charge in [-0.05, 0) is 55.8 Å². The number of ketones is 2. The summed E-state index contributed by atoms with van der Waals surface area (Å²) in [6.07, 6.45) is 0. The summed E-state index contributed by atoms with van der Waals surface area (Å²) in [6, 6.07) is 32.6. The van der Waals surface area contributed by atoms with Crippen LogP contribution in [0.1, 0.15) is 43.0 Å². The summed E-state index contributed by atoms with van der Waals surface area (Å²) in [4.78, 5) is 23.0. The van der Waals surface area contributed by atoms with Gasteiger partial charge in [-0.1, -0.05) is 66.2 Å². The Morgan fingerprint density at radius 3 is 1.61 bits per heavy atom. The van der Waals surface area contributed by atoms with Crippen LogP contribution in [0, 0.1) is 36.5 Å². The largest absolute Gasteiger partial charge is 0.489 e. The number of carbonyl (C=O) groups excluding carboxylic acids is 2. The van der Waals surface area contributed by atoms with Crippen LogP contribution in [0.25, 0.3) is 0 Å². The summed E-state index contributed by atoms with van der Waals surface area (Å²) in [5.41, 5.74) is 4.51. The number of nitriles is 2. The Morgan fingerprint density at radius 1 is 0.605 bits per heavy atom. The molecule has 38 heavy (non-hydrogen) atoms. The van der Waals surface area contributed by atoms with Crippen LogP contribution in [0.4, 0.5) is 0 Å². The van der Waals surface area contributed by atoms with Crippen molar-refractivity contribution in [1.29, 1.82) is 10.5 Å². The lowest BCUT2D eigenvalue weighted by Crippen LogP contribution is -2.04. The molecule has 0 aliphatic carbocycles. The number of nitrogens with zero attached hydrogens (tertiary/aromatic N) is 2. The molecule has 0 aliphatic heterocycles. The summed E-state index contributed by atoms with van der Waals surface area (Å²) in [7, 11) is 0. The SMILES string of the molecule is Cc1ccc(OCc2ccccc2C(=O)C#N)cc1.Cc1cccc(OCc2ccccc2C(=O)C#N)c1. The highest BCUT2D eigenvalue weighted by molar-refractivity contribution is 6.08. The van der Waals surface area contributed by atoms with Crippen molar-refractivity contribution in [1.82, 2.24) is 0 Å². The summed E-state index contributed by atoms with van der Waals surface area (Å²) in [5.74, 6) is 0.413. The second-order valence-corrected chi connectivity index (χ2v) is 8.40. The molecular formula is C32H26N2O4. The van der Waals surface area contributed by atoms with Crippen molar-refractivity contribution in [3.63, 3.8) is 0 Å². The van der Waals surface area contributed by atoms with Gasteiger partial charge in [0.2, 0.25) is 0 Å². The van der Waals surface area contributed by atoms with Crippen LogP contribution in [-0.2, 0) is 13.2 Å². The molecule has 0 spiro atoms. The summed E-state index contributed by atoms with van der Waals surface area (Å²) in [6.45, 7) is 4.53. The molecule has 0 fully saturated rings. The van der Waals surface area contributed by atoms with E-state index in [1.807, 2.05) is 74.5 Å². The second-order valence-electron chi connectivity index (χ2n) is 8.40. The summed E-state index contributed by atoms with van der Waals surface area (Å²) >= 11 is 0. The molecule has 4 aromatic carbocycles. The Hall–Kier alpha value is -5.20. The Bertz CT molecular complexity index is 1500. The number of carbonyl (C=O) groups is 2. The van der Waals surface area contributed by atoms with Crippen molar-refractivity contribution in [3.8, 4) is 23.6 Å². The summed E-state index contributed by atoms with van der Waals surface area (Å²) in [5, 5.41) is 17.4. The Morgan fingerprint density at radius 2 is 1.11 bits per heavy atom. The Balaban J connectivity index is 0.000000211. The van der Waals surface area contributed by atoms with Crippen LogP contribution in [0.3, 0.4) is 0 Å². The average molecular weight is 503 g/mol. The van der Waals surface area contributed by atoms with Crippen LogP contribution in [0.15, 0.2) is 97.1 Å². The number of rotatable bonds is 8. The predicted octanol–water partition coefficient (Wildman–Crippen LogP) is 6.56. The van der Waals surface area contributed by atoms with Crippen molar-refractivity contribution in [2.75, 3.05) is 0 Å². The third-order valence-corrected chi connectivity index (χ3v) is 5.53. The first kappa shape index (κ1) is 27.4. The molecule has 0 bridgehead atoms. The van der Waals surface area contributed by atoms with Crippen LogP contribution in [0.5, 0.6) is 11.5 Å². The highest BCUT2D eigenvalue weighted by Gasteiger charge is 2.11. The molecule has 188 valence electrons. The van der Waals surface area contributed by atoms with E-state index in [0.29, 0.717) is 11.1 Å². The zero-order chi connectivity index (χ0) is 27.3. The second kappa shape index (κ2) is 13.8. The van der Waals surface area contributed by atoms with E-state index in [-0.39, 0.29) is 13.2 Å². The standard InChI is InChI=1S/2C16H13NO2/c1-12-5-4-7-14(9-12)19-11-13-6-2-3-8-15(13)16(18)10-17;1-12-6-8-14(9-7-12)19-11-13-4-2-3-5-15(13)16(18)10-17/h2*2-9H,11H2,1H3. The minimum Gasteiger partial charge on any atom is -0.489 e. The molecule has 0 saturated carbocycles. The van der Waals surface area contributed by atoms with Gasteiger partial charge in [-0.25, -0.2) is 0 Å². The summed E-state index contributed by atoms with van der Waals surface area (Å²) < 4.78 is 11.3. The van der Waals surface area contributed by atoms with Gasteiger partial charge in [0.1, 0.15) is 36.9 Å². The van der Waals surface area contributed by atoms with Gasteiger partial charge >= 0.3 is 0 Å². The van der Waals surface area contributed by atoms with Crippen molar-refractivity contribution in [3.05, 3.63) is 130 Å². The highest BCUT2D eigenvalue weighted by atomic mass is 16.5. The van der Waals surface area contributed by atoms with Gasteiger partial charge in [0.05, 0.1) is 0 Å². The van der Waals surface area contributed by atoms with E-state index in [0.717, 1.165) is 33.8 Å². The van der Waals surface area contributed by atoms with Crippen LogP contribution >= 0.6 is 0 Å². The first-order chi connectivity index (χ1) is 18.4. The lowest BCUT2D eigenvalue weighted by Gasteiger charge is -2.09. The predicted molar refractivity (Wildman–Crippen MR) is 144 cm³/mol. The van der Waals surface area contributed by atoms with Crippen molar-refractivity contribution >= 4 is 11.6 Å². The number of hydrogen-bond acceptors (Lipinski definition) is 6. The topological polar surface area (TPSA) is 100 Å². The average Bonchev–Trinajstić information content (AvgIpc) is 2.95. The fourth-order valence-corrected chi connectivity index (χ4v) is 3.52. The fourth-order valence-electron chi connectivity index (χ4n) is 3.52. The first-order valence-electron chi connectivity index (χ1n) is 11.8. The van der Waals surface area contributed by atoms with Gasteiger partial charge in [-0.15, -0.1) is 0 Å². The number of aryl methyl sites for hydroxylation is 2. The zero-order valence-corrected chi connectivity index (χ0v) is 21.2. The maximum absolute atomic E-state index is 11.5. The van der Waals surface area contributed by atoms with E-state index in [9.17, 15) is 9.59 Å². The molecule has 0 amide bonds. The highest BCUT2D eigenvalue weighted by Crippen LogP contribution is 2.18. The molecule has 6 nitrogen and oxygen atoms in total. The molecule has 0 aliphatic rings. The van der Waals surface area contributed by atoms with Crippen LogP contribution in [0.2, 0.25) is 0 Å². The van der Waals surface area contributed by atoms with Gasteiger partial charge in [0, 0.05) is 22.3 Å². The fraction of sp³-hybridized carbons (Fsp3) is 0.125. The van der Waals surface area contributed by atoms with Crippen LogP contribution in [-0.4, -0.2) is 11.6 Å². The molecule has 0 saturated heterocycles. The molecule has 0 heterocycles. The van der Waals surface area contributed by atoms with E-state index in [1.165, 1.54) is 0 Å². The Labute approximate surface area is 222 Å². The van der Waals surface area contributed by atoms with Crippen molar-refractivity contribution in [2.45, 2.75) is 27.1 Å². The van der Waals surface area contributed by atoms with E-state index < -0.39 is 11.6 Å². The zero-order valence-electron chi connectivity index (χ0n) is 21.2. The van der Waals surface area contributed by atoms with E-state index in [1.54, 1.807) is 48.5 Å². The van der Waals surface area contributed by atoms with Crippen molar-refractivity contribution < 1.29 is 19.1 Å². The maximum Gasteiger partial charge on any atom is 0.262 e. The van der Waals surface area contributed by atoms with Gasteiger partial charge in [-0.3, -0.25) is 9.59 Å². The monoisotopic (exact) mass is 502 g/mol. The van der Waals surface area contributed by atoms with Gasteiger partial charge < -0.3 is 9.47 Å². The number of Topliss-reactive ketones (excluding diaryl/α,β-unsaturated/α-hetero) is 2. The third kappa shape index (κ3) is 7.91. The molecule has 6 heteroatoms. The number of benzene rings is 4. The molecule has 0 aromatic heterocycles. The van der Waals surface area contributed by atoms with E-state index >= 15 is 0 Å². The molecule has 0 N–H and O–H groups in total. The lowest BCUT2D eigenvalue weighted by atomic mass is 10.1. The molecule has 4 rings (SSSR count). The minimum absolute atomic E-state index is 0.270. The van der Waals surface area contributed by atoms with Crippen LogP contribution < -0.4 is 9.47 Å². The molecule has 0 unspecified atom stereocenters. The number of ether oxygens (including phenoxy) is 2. The Kier molecular flexibility index (Phi) is 9.93. The number of hydrogen-bond donors (Lipinski definition) is 0. The first-order valence-corrected chi connectivity index (χ1v) is 11.8. The minimum atomic E-state index is -0.539. The third-order valence-electron chi connectivity index (χ3n) is 5.53. The smallest absolute Gasteiger partial charge is 0.262 e.